The van der Waals surface area contributed by atoms with E-state index in [1.54, 1.807) is 0 Å². The van der Waals surface area contributed by atoms with E-state index in [0.29, 0.717) is 11.8 Å². The monoisotopic (exact) mass is 276 g/mol. The Morgan fingerprint density at radius 3 is 2.74 bits per heavy atom. The second-order valence-electron chi connectivity index (χ2n) is 5.19. The van der Waals surface area contributed by atoms with Crippen molar-refractivity contribution >= 4 is 28.3 Å². The van der Waals surface area contributed by atoms with Gasteiger partial charge in [0.05, 0.1) is 11.4 Å². The number of benzene rings is 1. The zero-order valence-corrected chi connectivity index (χ0v) is 12.6. The second-order valence-corrected chi connectivity index (χ2v) is 5.46. The molecule has 0 aliphatic carbocycles. The van der Waals surface area contributed by atoms with Crippen LogP contribution < -0.4 is 4.90 Å². The summed E-state index contributed by atoms with van der Waals surface area (Å²) in [5.41, 5.74) is 2.13. The SMILES string of the molecule is CCC(C)CN(C)c1nc2ccccc2cc1CCl. The van der Waals surface area contributed by atoms with Crippen molar-refractivity contribution in [3.05, 3.63) is 35.9 Å². The molecule has 19 heavy (non-hydrogen) atoms. The first-order chi connectivity index (χ1) is 9.15. The van der Waals surface area contributed by atoms with Crippen LogP contribution in [0, 0.1) is 5.92 Å². The summed E-state index contributed by atoms with van der Waals surface area (Å²) < 4.78 is 0. The summed E-state index contributed by atoms with van der Waals surface area (Å²) in [5.74, 6) is 2.16. The number of hydrogen-bond donors (Lipinski definition) is 0. The average Bonchev–Trinajstić information content (AvgIpc) is 2.45. The highest BCUT2D eigenvalue weighted by Crippen LogP contribution is 2.25. The molecule has 0 saturated carbocycles. The number of hydrogen-bond acceptors (Lipinski definition) is 2. The molecule has 0 radical (unpaired) electrons. The predicted octanol–water partition coefficient (Wildman–Crippen LogP) is 4.46. The molecule has 0 saturated heterocycles. The molecule has 0 bridgehead atoms. The fourth-order valence-corrected chi connectivity index (χ4v) is 2.46. The largest absolute Gasteiger partial charge is 0.359 e. The Morgan fingerprint density at radius 1 is 1.32 bits per heavy atom. The third-order valence-corrected chi connectivity index (χ3v) is 3.86. The highest BCUT2D eigenvalue weighted by Gasteiger charge is 2.12. The Kier molecular flexibility index (Phi) is 4.65. The molecule has 1 aromatic carbocycles. The molecule has 0 aliphatic rings. The van der Waals surface area contributed by atoms with Crippen LogP contribution in [-0.4, -0.2) is 18.6 Å². The summed E-state index contributed by atoms with van der Waals surface area (Å²) in [6, 6.07) is 10.3. The van der Waals surface area contributed by atoms with E-state index in [2.05, 4.69) is 37.9 Å². The lowest BCUT2D eigenvalue weighted by Gasteiger charge is -2.24. The molecule has 3 heteroatoms. The van der Waals surface area contributed by atoms with Gasteiger partial charge in [0.1, 0.15) is 5.82 Å². The molecule has 0 fully saturated rings. The third kappa shape index (κ3) is 3.19. The number of pyridine rings is 1. The van der Waals surface area contributed by atoms with Crippen LogP contribution in [0.1, 0.15) is 25.8 Å². The number of para-hydroxylation sites is 1. The van der Waals surface area contributed by atoms with Gasteiger partial charge in [-0.05, 0) is 18.1 Å². The van der Waals surface area contributed by atoms with E-state index in [1.165, 1.54) is 6.42 Å². The van der Waals surface area contributed by atoms with Crippen molar-refractivity contribution in [2.24, 2.45) is 5.92 Å². The molecule has 2 rings (SSSR count). The number of halogens is 1. The minimum atomic E-state index is 0.498. The lowest BCUT2D eigenvalue weighted by atomic mass is 10.1. The van der Waals surface area contributed by atoms with Crippen LogP contribution in [0.15, 0.2) is 30.3 Å². The minimum absolute atomic E-state index is 0.498. The van der Waals surface area contributed by atoms with Crippen LogP contribution in [-0.2, 0) is 5.88 Å². The van der Waals surface area contributed by atoms with Gasteiger partial charge in [0.25, 0.3) is 0 Å². The topological polar surface area (TPSA) is 16.1 Å². The van der Waals surface area contributed by atoms with Crippen molar-refractivity contribution in [2.75, 3.05) is 18.5 Å². The number of alkyl halides is 1. The number of nitrogens with zero attached hydrogens (tertiary/aromatic N) is 2. The molecule has 0 amide bonds. The maximum absolute atomic E-state index is 6.08. The summed E-state index contributed by atoms with van der Waals surface area (Å²) in [4.78, 5) is 7.00. The van der Waals surface area contributed by atoms with E-state index in [4.69, 9.17) is 16.6 Å². The van der Waals surface area contributed by atoms with Crippen LogP contribution in [0.3, 0.4) is 0 Å². The van der Waals surface area contributed by atoms with Crippen molar-refractivity contribution in [3.63, 3.8) is 0 Å². The van der Waals surface area contributed by atoms with E-state index in [0.717, 1.165) is 28.8 Å². The van der Waals surface area contributed by atoms with Crippen LogP contribution >= 0.6 is 11.6 Å². The highest BCUT2D eigenvalue weighted by atomic mass is 35.5. The molecule has 1 heterocycles. The van der Waals surface area contributed by atoms with Gasteiger partial charge in [0.2, 0.25) is 0 Å². The summed E-state index contributed by atoms with van der Waals surface area (Å²) in [6.45, 7) is 5.48. The van der Waals surface area contributed by atoms with Gasteiger partial charge in [-0.1, -0.05) is 38.5 Å². The molecule has 0 aliphatic heterocycles. The molecule has 1 atom stereocenters. The van der Waals surface area contributed by atoms with E-state index >= 15 is 0 Å². The van der Waals surface area contributed by atoms with E-state index < -0.39 is 0 Å². The second kappa shape index (κ2) is 6.25. The normalized spacial score (nSPS) is 12.6. The first kappa shape index (κ1) is 14.1. The third-order valence-electron chi connectivity index (χ3n) is 3.57. The van der Waals surface area contributed by atoms with Gasteiger partial charge in [-0.3, -0.25) is 0 Å². The van der Waals surface area contributed by atoms with Gasteiger partial charge in [-0.15, -0.1) is 11.6 Å². The summed E-state index contributed by atoms with van der Waals surface area (Å²) in [7, 11) is 2.10. The van der Waals surface area contributed by atoms with Crippen molar-refractivity contribution in [2.45, 2.75) is 26.1 Å². The maximum Gasteiger partial charge on any atom is 0.133 e. The van der Waals surface area contributed by atoms with Crippen molar-refractivity contribution in [1.29, 1.82) is 0 Å². The fourth-order valence-electron chi connectivity index (χ4n) is 2.26. The quantitative estimate of drug-likeness (QED) is 0.750. The van der Waals surface area contributed by atoms with Gasteiger partial charge >= 0.3 is 0 Å². The molecular formula is C16H21ClN2. The van der Waals surface area contributed by atoms with E-state index in [-0.39, 0.29) is 0 Å². The van der Waals surface area contributed by atoms with Gasteiger partial charge in [0.15, 0.2) is 0 Å². The van der Waals surface area contributed by atoms with E-state index in [9.17, 15) is 0 Å². The minimum Gasteiger partial charge on any atom is -0.359 e. The summed E-state index contributed by atoms with van der Waals surface area (Å²) in [6.07, 6.45) is 1.17. The van der Waals surface area contributed by atoms with Crippen LogP contribution in [0.5, 0.6) is 0 Å². The number of fused-ring (bicyclic) bond motifs is 1. The van der Waals surface area contributed by atoms with Crippen LogP contribution in [0.4, 0.5) is 5.82 Å². The summed E-state index contributed by atoms with van der Waals surface area (Å²) >= 11 is 6.08. The van der Waals surface area contributed by atoms with Crippen LogP contribution in [0.2, 0.25) is 0 Å². The van der Waals surface area contributed by atoms with Crippen molar-refractivity contribution in [1.82, 2.24) is 4.98 Å². The zero-order chi connectivity index (χ0) is 13.8. The Morgan fingerprint density at radius 2 is 2.05 bits per heavy atom. The molecule has 1 aromatic heterocycles. The Bertz CT molecular complexity index is 553. The summed E-state index contributed by atoms with van der Waals surface area (Å²) in [5, 5.41) is 1.15. The van der Waals surface area contributed by atoms with Gasteiger partial charge in [0, 0.05) is 24.5 Å². The zero-order valence-electron chi connectivity index (χ0n) is 11.9. The Hall–Kier alpha value is -1.28. The Balaban J connectivity index is 2.40. The van der Waals surface area contributed by atoms with Gasteiger partial charge in [-0.25, -0.2) is 4.98 Å². The fraction of sp³-hybridized carbons (Fsp3) is 0.438. The van der Waals surface area contributed by atoms with Crippen molar-refractivity contribution < 1.29 is 0 Å². The molecule has 0 N–H and O–H groups in total. The predicted molar refractivity (Wildman–Crippen MR) is 84.0 cm³/mol. The maximum atomic E-state index is 6.08. The smallest absolute Gasteiger partial charge is 0.133 e. The lowest BCUT2D eigenvalue weighted by molar-refractivity contribution is 0.557. The molecule has 0 spiro atoms. The van der Waals surface area contributed by atoms with Crippen molar-refractivity contribution in [3.8, 4) is 0 Å². The standard InChI is InChI=1S/C16H21ClN2/c1-4-12(2)11-19(3)16-14(10-17)9-13-7-5-6-8-15(13)18-16/h5-9,12H,4,10-11H2,1-3H3. The number of anilines is 1. The van der Waals surface area contributed by atoms with Crippen LogP contribution in [0.25, 0.3) is 10.9 Å². The Labute approximate surface area is 120 Å². The molecule has 102 valence electrons. The van der Waals surface area contributed by atoms with E-state index in [1.807, 2.05) is 18.2 Å². The number of rotatable bonds is 5. The first-order valence-electron chi connectivity index (χ1n) is 6.81. The highest BCUT2D eigenvalue weighted by molar-refractivity contribution is 6.17. The molecular weight excluding hydrogens is 256 g/mol. The molecule has 2 aromatic rings. The molecule has 1 unspecified atom stereocenters. The molecule has 2 nitrogen and oxygen atoms in total. The average molecular weight is 277 g/mol. The van der Waals surface area contributed by atoms with Gasteiger partial charge < -0.3 is 4.90 Å². The lowest BCUT2D eigenvalue weighted by Crippen LogP contribution is -2.25. The van der Waals surface area contributed by atoms with Gasteiger partial charge in [-0.2, -0.15) is 0 Å². The first-order valence-corrected chi connectivity index (χ1v) is 7.35. The number of aromatic nitrogens is 1.